The summed E-state index contributed by atoms with van der Waals surface area (Å²) in [6.07, 6.45) is 1.11. The number of carboxylic acids is 1. The number of carbonyl (C=O) groups is 3. The number of rotatable bonds is 7. The van der Waals surface area contributed by atoms with Crippen molar-refractivity contribution in [1.29, 1.82) is 0 Å². The van der Waals surface area contributed by atoms with Crippen LogP contribution in [0.1, 0.15) is 53.1 Å². The fourth-order valence-electron chi connectivity index (χ4n) is 1.65. The van der Waals surface area contributed by atoms with Crippen molar-refractivity contribution >= 4 is 29.1 Å². The minimum absolute atomic E-state index is 0.0979. The van der Waals surface area contributed by atoms with Gasteiger partial charge in [0.2, 0.25) is 11.8 Å². The van der Waals surface area contributed by atoms with Gasteiger partial charge in [0.05, 0.1) is 18.3 Å². The maximum Gasteiger partial charge on any atom is 0.347 e. The van der Waals surface area contributed by atoms with Gasteiger partial charge in [0.15, 0.2) is 0 Å². The summed E-state index contributed by atoms with van der Waals surface area (Å²) in [6, 6.07) is -0.405. The first-order valence-corrected chi connectivity index (χ1v) is 7.43. The molecule has 0 fully saturated rings. The maximum atomic E-state index is 11.7. The van der Waals surface area contributed by atoms with Gasteiger partial charge in [0.1, 0.15) is 9.88 Å². The van der Waals surface area contributed by atoms with E-state index in [-0.39, 0.29) is 23.2 Å². The Hall–Kier alpha value is -1.96. The Balaban J connectivity index is 2.54. The number of nitrogens with one attached hydrogen (secondary N) is 2. The molecule has 1 unspecified atom stereocenters. The minimum Gasteiger partial charge on any atom is -0.477 e. The summed E-state index contributed by atoms with van der Waals surface area (Å²) < 4.78 is 0. The first-order valence-electron chi connectivity index (χ1n) is 6.61. The summed E-state index contributed by atoms with van der Waals surface area (Å²) in [5.74, 6) is -1.53. The molecular formula is C13H19N3O4S. The summed E-state index contributed by atoms with van der Waals surface area (Å²) >= 11 is 1.04. The van der Waals surface area contributed by atoms with E-state index in [1.54, 1.807) is 13.8 Å². The molecule has 1 rings (SSSR count). The number of carbonyl (C=O) groups excluding carboxylic acids is 2. The minimum atomic E-state index is -1.03. The number of nitrogens with zero attached hydrogens (tertiary/aromatic N) is 1. The summed E-state index contributed by atoms with van der Waals surface area (Å²) in [7, 11) is 0. The Labute approximate surface area is 126 Å². The SMILES string of the molecule is CCCC(=O)NCC(=O)NC(C)c1nc(C)c(C(=O)O)s1. The van der Waals surface area contributed by atoms with Crippen LogP contribution in [0.4, 0.5) is 0 Å². The van der Waals surface area contributed by atoms with Gasteiger partial charge in [-0.05, 0) is 20.3 Å². The second kappa shape index (κ2) is 7.72. The van der Waals surface area contributed by atoms with Gasteiger partial charge in [-0.2, -0.15) is 0 Å². The highest BCUT2D eigenvalue weighted by molar-refractivity contribution is 7.13. The number of hydrogen-bond acceptors (Lipinski definition) is 5. The van der Waals surface area contributed by atoms with E-state index in [9.17, 15) is 14.4 Å². The van der Waals surface area contributed by atoms with Crippen LogP contribution in [0.5, 0.6) is 0 Å². The van der Waals surface area contributed by atoms with Crippen molar-refractivity contribution in [2.24, 2.45) is 0 Å². The zero-order valence-electron chi connectivity index (χ0n) is 12.2. The molecule has 7 nitrogen and oxygen atoms in total. The van der Waals surface area contributed by atoms with Crippen LogP contribution in [0.25, 0.3) is 0 Å². The van der Waals surface area contributed by atoms with E-state index in [4.69, 9.17) is 5.11 Å². The van der Waals surface area contributed by atoms with Crippen molar-refractivity contribution in [1.82, 2.24) is 15.6 Å². The van der Waals surface area contributed by atoms with Gasteiger partial charge >= 0.3 is 5.97 Å². The van der Waals surface area contributed by atoms with Gasteiger partial charge in [-0.3, -0.25) is 9.59 Å². The highest BCUT2D eigenvalue weighted by Gasteiger charge is 2.19. The van der Waals surface area contributed by atoms with Crippen molar-refractivity contribution in [3.63, 3.8) is 0 Å². The van der Waals surface area contributed by atoms with E-state index in [0.717, 1.165) is 17.8 Å². The second-order valence-electron chi connectivity index (χ2n) is 4.59. The molecule has 2 amide bonds. The Kier molecular flexibility index (Phi) is 6.29. The third-order valence-electron chi connectivity index (χ3n) is 2.68. The zero-order chi connectivity index (χ0) is 16.0. The average Bonchev–Trinajstić information content (AvgIpc) is 2.79. The monoisotopic (exact) mass is 313 g/mol. The third-order valence-corrected chi connectivity index (χ3v) is 4.01. The van der Waals surface area contributed by atoms with Gasteiger partial charge in [-0.1, -0.05) is 6.92 Å². The lowest BCUT2D eigenvalue weighted by Crippen LogP contribution is -2.37. The smallest absolute Gasteiger partial charge is 0.347 e. The molecule has 1 aromatic rings. The number of aromatic carboxylic acids is 1. The average molecular weight is 313 g/mol. The molecule has 1 aromatic heterocycles. The molecule has 0 aliphatic heterocycles. The van der Waals surface area contributed by atoms with Crippen molar-refractivity contribution in [2.75, 3.05) is 6.54 Å². The van der Waals surface area contributed by atoms with Gasteiger partial charge in [0, 0.05) is 6.42 Å². The maximum absolute atomic E-state index is 11.7. The fourth-order valence-corrected chi connectivity index (χ4v) is 2.56. The molecule has 0 bridgehead atoms. The summed E-state index contributed by atoms with van der Waals surface area (Å²) in [5, 5.41) is 14.7. The molecule has 0 saturated heterocycles. The van der Waals surface area contributed by atoms with E-state index in [1.807, 2.05) is 6.92 Å². The number of aromatic nitrogens is 1. The number of hydrogen-bond donors (Lipinski definition) is 3. The molecule has 0 spiro atoms. The summed E-state index contributed by atoms with van der Waals surface area (Å²) in [4.78, 5) is 38.2. The van der Waals surface area contributed by atoms with Crippen molar-refractivity contribution in [3.8, 4) is 0 Å². The van der Waals surface area contributed by atoms with Crippen LogP contribution in [-0.2, 0) is 9.59 Å². The molecule has 0 aliphatic carbocycles. The first-order chi connectivity index (χ1) is 9.85. The highest BCUT2D eigenvalue weighted by Crippen LogP contribution is 2.23. The van der Waals surface area contributed by atoms with Crippen LogP contribution < -0.4 is 10.6 Å². The highest BCUT2D eigenvalue weighted by atomic mass is 32.1. The first kappa shape index (κ1) is 17.1. The molecule has 116 valence electrons. The van der Waals surface area contributed by atoms with E-state index in [0.29, 0.717) is 17.1 Å². The number of amides is 2. The van der Waals surface area contributed by atoms with Gasteiger partial charge in [0.25, 0.3) is 0 Å². The van der Waals surface area contributed by atoms with E-state index < -0.39 is 12.0 Å². The molecule has 0 radical (unpaired) electrons. The van der Waals surface area contributed by atoms with Gasteiger partial charge < -0.3 is 15.7 Å². The van der Waals surface area contributed by atoms with Gasteiger partial charge in [-0.25, -0.2) is 9.78 Å². The van der Waals surface area contributed by atoms with Crippen molar-refractivity contribution in [3.05, 3.63) is 15.6 Å². The predicted molar refractivity (Wildman–Crippen MR) is 78.3 cm³/mol. The van der Waals surface area contributed by atoms with E-state index >= 15 is 0 Å². The number of thiazole rings is 1. The molecular weight excluding hydrogens is 294 g/mol. The Morgan fingerprint density at radius 2 is 2.00 bits per heavy atom. The quantitative estimate of drug-likeness (QED) is 0.702. The van der Waals surface area contributed by atoms with Crippen LogP contribution in [0.2, 0.25) is 0 Å². The number of carboxylic acid groups (broad SMARTS) is 1. The standard InChI is InChI=1S/C13H19N3O4S/c1-4-5-9(17)14-6-10(18)15-8(3)12-16-7(2)11(21-12)13(19)20/h8H,4-6H2,1-3H3,(H,14,17)(H,15,18)(H,19,20). The second-order valence-corrected chi connectivity index (χ2v) is 5.62. The molecule has 1 atom stereocenters. The molecule has 3 N–H and O–H groups in total. The van der Waals surface area contributed by atoms with E-state index in [2.05, 4.69) is 15.6 Å². The molecule has 1 heterocycles. The predicted octanol–water partition coefficient (Wildman–Crippen LogP) is 1.24. The Morgan fingerprint density at radius 3 is 2.52 bits per heavy atom. The lowest BCUT2D eigenvalue weighted by molar-refractivity contribution is -0.126. The Morgan fingerprint density at radius 1 is 1.33 bits per heavy atom. The molecule has 0 aromatic carbocycles. The van der Waals surface area contributed by atoms with E-state index in [1.165, 1.54) is 0 Å². The summed E-state index contributed by atoms with van der Waals surface area (Å²) in [6.45, 7) is 5.12. The van der Waals surface area contributed by atoms with Crippen LogP contribution in [0, 0.1) is 6.92 Å². The largest absolute Gasteiger partial charge is 0.477 e. The zero-order valence-corrected chi connectivity index (χ0v) is 13.0. The number of aryl methyl sites for hydroxylation is 1. The lowest BCUT2D eigenvalue weighted by atomic mass is 10.3. The molecule has 0 saturated carbocycles. The fraction of sp³-hybridized carbons (Fsp3) is 0.538. The van der Waals surface area contributed by atoms with Crippen LogP contribution in [0.3, 0.4) is 0 Å². The van der Waals surface area contributed by atoms with Crippen molar-refractivity contribution in [2.45, 2.75) is 39.7 Å². The third kappa shape index (κ3) is 5.14. The van der Waals surface area contributed by atoms with Gasteiger partial charge in [-0.15, -0.1) is 11.3 Å². The molecule has 0 aliphatic rings. The van der Waals surface area contributed by atoms with Crippen LogP contribution >= 0.6 is 11.3 Å². The normalized spacial score (nSPS) is 11.8. The topological polar surface area (TPSA) is 108 Å². The lowest BCUT2D eigenvalue weighted by Gasteiger charge is -2.11. The van der Waals surface area contributed by atoms with Crippen molar-refractivity contribution < 1.29 is 19.5 Å². The van der Waals surface area contributed by atoms with Crippen LogP contribution in [0.15, 0.2) is 0 Å². The molecule has 8 heteroatoms. The molecule has 21 heavy (non-hydrogen) atoms. The summed E-state index contributed by atoms with van der Waals surface area (Å²) in [5.41, 5.74) is 0.430. The Bertz CT molecular complexity index is 542. The van der Waals surface area contributed by atoms with Crippen LogP contribution in [-0.4, -0.2) is 34.4 Å².